The van der Waals surface area contributed by atoms with Gasteiger partial charge in [-0.05, 0) is 48.4 Å². The first-order chi connectivity index (χ1) is 21.5. The Labute approximate surface area is 262 Å². The number of nitrogens with zero attached hydrogens (tertiary/aromatic N) is 2. The number of thioether (sulfide) groups is 1. The molecule has 2 fully saturated rings. The highest BCUT2D eigenvalue weighted by Gasteiger charge is 2.57. The molecule has 2 aliphatic heterocycles. The number of hydrogen-bond donors (Lipinski definition) is 0. The molecule has 5 aromatic rings. The van der Waals surface area contributed by atoms with Crippen molar-refractivity contribution in [2.75, 3.05) is 12.9 Å². The molecule has 7 rings (SSSR count). The fourth-order valence-electron chi connectivity index (χ4n) is 6.46. The van der Waals surface area contributed by atoms with Crippen molar-refractivity contribution in [3.8, 4) is 11.3 Å². The van der Waals surface area contributed by atoms with Gasteiger partial charge in [-0.15, -0.1) is 11.8 Å². The lowest BCUT2D eigenvalue weighted by Crippen LogP contribution is -2.39. The maximum Gasteiger partial charge on any atom is 0.180 e. The zero-order valence-corrected chi connectivity index (χ0v) is 25.9. The van der Waals surface area contributed by atoms with E-state index in [1.807, 2.05) is 61.2 Å². The van der Waals surface area contributed by atoms with E-state index in [9.17, 15) is 0 Å². The Morgan fingerprint density at radius 2 is 1.25 bits per heavy atom. The maximum atomic E-state index is 7.18. The molecular weight excluding hydrogens is 568 g/mol. The SMILES string of the molecule is CSc1cc(-c2ccccc2)n(C2O[C@H](COC(c3ccccc3)(c3ccccc3)c3ccccc3)[C@H]3OC(C)(C)O[C@@H]23)n1. The standard InChI is InChI=1S/C37H36N2O4S/c1-36(2)42-33-31(41-35(34(33)43-36)39-30(24-32(38-39)44-3)26-16-8-4-9-17-26)25-40-37(27-18-10-5-11-19-27,28-20-12-6-13-21-28)29-22-14-7-15-23-29/h4-24,31,33-35H,25H2,1-3H3/t31-,33-,34-,35?/m1/s1. The smallest absolute Gasteiger partial charge is 0.180 e. The van der Waals surface area contributed by atoms with Gasteiger partial charge in [-0.1, -0.05) is 121 Å². The van der Waals surface area contributed by atoms with Gasteiger partial charge in [0.15, 0.2) is 12.0 Å². The number of hydrogen-bond acceptors (Lipinski definition) is 6. The Morgan fingerprint density at radius 1 is 0.750 bits per heavy atom. The quantitative estimate of drug-likeness (QED) is 0.127. The second kappa shape index (κ2) is 12.0. The first-order valence-electron chi connectivity index (χ1n) is 15.0. The summed E-state index contributed by atoms with van der Waals surface area (Å²) in [4.78, 5) is 0. The van der Waals surface area contributed by atoms with Gasteiger partial charge >= 0.3 is 0 Å². The lowest BCUT2D eigenvalue weighted by Gasteiger charge is -2.37. The van der Waals surface area contributed by atoms with Crippen LogP contribution in [0.25, 0.3) is 11.3 Å². The lowest BCUT2D eigenvalue weighted by atomic mass is 9.80. The largest absolute Gasteiger partial charge is 0.358 e. The summed E-state index contributed by atoms with van der Waals surface area (Å²) in [5, 5.41) is 5.87. The average molecular weight is 605 g/mol. The first kappa shape index (κ1) is 29.0. The summed E-state index contributed by atoms with van der Waals surface area (Å²) >= 11 is 1.61. The normalized spacial score (nSPS) is 22.6. The van der Waals surface area contributed by atoms with E-state index in [-0.39, 0.29) is 18.8 Å². The van der Waals surface area contributed by atoms with Gasteiger partial charge in [0.25, 0.3) is 0 Å². The number of benzene rings is 4. The fourth-order valence-corrected chi connectivity index (χ4v) is 6.86. The summed E-state index contributed by atoms with van der Waals surface area (Å²) < 4.78 is 29.0. The van der Waals surface area contributed by atoms with Crippen LogP contribution in [0.4, 0.5) is 0 Å². The van der Waals surface area contributed by atoms with Gasteiger partial charge in [-0.25, -0.2) is 4.68 Å². The molecule has 7 heteroatoms. The maximum absolute atomic E-state index is 7.18. The third-order valence-corrected chi connectivity index (χ3v) is 8.98. The minimum absolute atomic E-state index is 0.271. The van der Waals surface area contributed by atoms with Crippen LogP contribution in [0.5, 0.6) is 0 Å². The Hall–Kier alpha value is -3.72. The Morgan fingerprint density at radius 3 is 1.77 bits per heavy atom. The molecule has 44 heavy (non-hydrogen) atoms. The van der Waals surface area contributed by atoms with E-state index < -0.39 is 23.7 Å². The fraction of sp³-hybridized carbons (Fsp3) is 0.270. The van der Waals surface area contributed by atoms with Crippen molar-refractivity contribution >= 4 is 11.8 Å². The monoisotopic (exact) mass is 604 g/mol. The third kappa shape index (κ3) is 5.29. The van der Waals surface area contributed by atoms with E-state index in [4.69, 9.17) is 24.0 Å². The molecule has 0 spiro atoms. The molecule has 0 amide bonds. The van der Waals surface area contributed by atoms with Crippen molar-refractivity contribution in [3.63, 3.8) is 0 Å². The van der Waals surface area contributed by atoms with Crippen LogP contribution in [0, 0.1) is 0 Å². The van der Waals surface area contributed by atoms with Crippen LogP contribution in [-0.2, 0) is 24.5 Å². The van der Waals surface area contributed by atoms with Crippen molar-refractivity contribution in [3.05, 3.63) is 144 Å². The molecule has 4 aromatic carbocycles. The number of ether oxygens (including phenoxy) is 4. The van der Waals surface area contributed by atoms with Crippen LogP contribution < -0.4 is 0 Å². The molecule has 224 valence electrons. The van der Waals surface area contributed by atoms with Gasteiger partial charge in [0.1, 0.15) is 28.9 Å². The minimum Gasteiger partial charge on any atom is -0.358 e. The van der Waals surface area contributed by atoms with Crippen molar-refractivity contribution in [2.24, 2.45) is 0 Å². The second-order valence-electron chi connectivity index (χ2n) is 11.6. The highest BCUT2D eigenvalue weighted by molar-refractivity contribution is 7.98. The predicted molar refractivity (Wildman–Crippen MR) is 172 cm³/mol. The number of fused-ring (bicyclic) bond motifs is 1. The summed E-state index contributed by atoms with van der Waals surface area (Å²) in [5.74, 6) is -0.770. The molecule has 0 radical (unpaired) electrons. The van der Waals surface area contributed by atoms with Crippen molar-refractivity contribution in [2.45, 2.75) is 54.8 Å². The summed E-state index contributed by atoms with van der Waals surface area (Å²) in [6.45, 7) is 4.18. The zero-order chi connectivity index (χ0) is 30.1. The zero-order valence-electron chi connectivity index (χ0n) is 25.1. The van der Waals surface area contributed by atoms with Crippen LogP contribution in [0.15, 0.2) is 132 Å². The molecule has 0 bridgehead atoms. The van der Waals surface area contributed by atoms with E-state index in [0.29, 0.717) is 0 Å². The van der Waals surface area contributed by atoms with Gasteiger partial charge in [-0.3, -0.25) is 0 Å². The third-order valence-electron chi connectivity index (χ3n) is 8.36. The van der Waals surface area contributed by atoms with Gasteiger partial charge in [0.05, 0.1) is 12.3 Å². The minimum atomic E-state index is -0.872. The first-order valence-corrected chi connectivity index (χ1v) is 16.2. The van der Waals surface area contributed by atoms with Crippen molar-refractivity contribution in [1.29, 1.82) is 0 Å². The van der Waals surface area contributed by atoms with Crippen LogP contribution in [0.1, 0.15) is 36.8 Å². The van der Waals surface area contributed by atoms with E-state index in [2.05, 4.69) is 91.0 Å². The summed E-state index contributed by atoms with van der Waals surface area (Å²) in [5.41, 5.74) is 4.28. The van der Waals surface area contributed by atoms with Crippen LogP contribution in [0.3, 0.4) is 0 Å². The molecule has 4 atom stereocenters. The Balaban J connectivity index is 1.28. The summed E-state index contributed by atoms with van der Waals surface area (Å²) in [6.07, 6.45) is 0.417. The molecular formula is C37H36N2O4S. The van der Waals surface area contributed by atoms with E-state index in [1.165, 1.54) is 0 Å². The summed E-state index contributed by atoms with van der Waals surface area (Å²) in [7, 11) is 0. The van der Waals surface area contributed by atoms with Crippen LogP contribution >= 0.6 is 11.8 Å². The number of aromatic nitrogens is 2. The van der Waals surface area contributed by atoms with E-state index in [0.717, 1.165) is 33.0 Å². The highest BCUT2D eigenvalue weighted by Crippen LogP contribution is 2.46. The van der Waals surface area contributed by atoms with Gasteiger partial charge in [0.2, 0.25) is 0 Å². The van der Waals surface area contributed by atoms with Crippen LogP contribution in [0.2, 0.25) is 0 Å². The molecule has 0 N–H and O–H groups in total. The molecule has 0 aliphatic carbocycles. The van der Waals surface area contributed by atoms with Crippen molar-refractivity contribution in [1.82, 2.24) is 9.78 Å². The van der Waals surface area contributed by atoms with E-state index >= 15 is 0 Å². The molecule has 1 unspecified atom stereocenters. The van der Waals surface area contributed by atoms with E-state index in [1.54, 1.807) is 11.8 Å². The average Bonchev–Trinajstić information content (AvgIpc) is 3.74. The van der Waals surface area contributed by atoms with Gasteiger partial charge in [0, 0.05) is 0 Å². The summed E-state index contributed by atoms with van der Waals surface area (Å²) in [6, 6.07) is 43.6. The molecule has 1 aromatic heterocycles. The van der Waals surface area contributed by atoms with Crippen LogP contribution in [-0.4, -0.2) is 46.7 Å². The molecule has 6 nitrogen and oxygen atoms in total. The number of rotatable bonds is 9. The molecule has 2 aliphatic rings. The lowest BCUT2D eigenvalue weighted by molar-refractivity contribution is -0.206. The Kier molecular flexibility index (Phi) is 7.91. The Bertz CT molecular complexity index is 1580. The van der Waals surface area contributed by atoms with Gasteiger partial charge in [-0.2, -0.15) is 5.10 Å². The molecule has 3 heterocycles. The molecule has 0 saturated carbocycles. The van der Waals surface area contributed by atoms with Gasteiger partial charge < -0.3 is 18.9 Å². The highest BCUT2D eigenvalue weighted by atomic mass is 32.2. The second-order valence-corrected chi connectivity index (χ2v) is 12.4. The van der Waals surface area contributed by atoms with Crippen molar-refractivity contribution < 1.29 is 18.9 Å². The molecule has 2 saturated heterocycles. The topological polar surface area (TPSA) is 54.7 Å². The predicted octanol–water partition coefficient (Wildman–Crippen LogP) is 7.70.